The number of nitro groups is 1. The molecule has 1 aromatic carbocycles. The quantitative estimate of drug-likeness (QED) is 0.486. The first-order valence-corrected chi connectivity index (χ1v) is 5.75. The zero-order valence-electron chi connectivity index (χ0n) is 10.7. The summed E-state index contributed by atoms with van der Waals surface area (Å²) in [6.45, 7) is 4.18. The van der Waals surface area contributed by atoms with Gasteiger partial charge in [0, 0.05) is 12.6 Å². The first-order chi connectivity index (χ1) is 8.91. The van der Waals surface area contributed by atoms with Crippen LogP contribution in [0.1, 0.15) is 24.2 Å². The molecule has 0 unspecified atom stereocenters. The Kier molecular flexibility index (Phi) is 5.37. The van der Waals surface area contributed by atoms with Crippen molar-refractivity contribution >= 4 is 11.6 Å². The van der Waals surface area contributed by atoms with Gasteiger partial charge in [-0.15, -0.1) is 0 Å². The fourth-order valence-electron chi connectivity index (χ4n) is 1.40. The van der Waals surface area contributed by atoms with E-state index in [4.69, 9.17) is 4.74 Å². The van der Waals surface area contributed by atoms with E-state index in [2.05, 4.69) is 5.32 Å². The average Bonchev–Trinajstić information content (AvgIpc) is 2.33. The molecule has 0 bridgehead atoms. The second-order valence-electron chi connectivity index (χ2n) is 4.09. The van der Waals surface area contributed by atoms with Crippen molar-refractivity contribution in [3.8, 4) is 0 Å². The van der Waals surface area contributed by atoms with Crippen molar-refractivity contribution in [2.45, 2.75) is 20.0 Å². The van der Waals surface area contributed by atoms with Gasteiger partial charge in [0.25, 0.3) is 11.6 Å². The summed E-state index contributed by atoms with van der Waals surface area (Å²) in [6, 6.07) is 2.75. The van der Waals surface area contributed by atoms with E-state index < -0.39 is 22.3 Å². The standard InChI is InChI=1S/C12H15FN2O4/c1-8(2)19-6-5-14-12(16)10-7-9(13)3-4-11(10)15(17)18/h3-4,7-8H,5-6H2,1-2H3,(H,14,16). The first-order valence-electron chi connectivity index (χ1n) is 5.75. The van der Waals surface area contributed by atoms with E-state index in [1.165, 1.54) is 0 Å². The monoisotopic (exact) mass is 270 g/mol. The van der Waals surface area contributed by atoms with E-state index in [1.54, 1.807) is 0 Å². The molecule has 0 aliphatic heterocycles. The molecular weight excluding hydrogens is 255 g/mol. The van der Waals surface area contributed by atoms with Crippen LogP contribution in [-0.2, 0) is 4.74 Å². The van der Waals surface area contributed by atoms with Gasteiger partial charge in [-0.3, -0.25) is 14.9 Å². The Morgan fingerprint density at radius 1 is 1.53 bits per heavy atom. The van der Waals surface area contributed by atoms with Gasteiger partial charge < -0.3 is 10.1 Å². The van der Waals surface area contributed by atoms with E-state index in [-0.39, 0.29) is 24.8 Å². The maximum atomic E-state index is 13.0. The molecule has 0 aromatic heterocycles. The van der Waals surface area contributed by atoms with Crippen LogP contribution in [0.15, 0.2) is 18.2 Å². The van der Waals surface area contributed by atoms with Gasteiger partial charge in [-0.2, -0.15) is 0 Å². The third-order valence-electron chi connectivity index (χ3n) is 2.24. The smallest absolute Gasteiger partial charge is 0.282 e. The molecule has 0 fully saturated rings. The summed E-state index contributed by atoms with van der Waals surface area (Å²) in [4.78, 5) is 21.7. The highest BCUT2D eigenvalue weighted by molar-refractivity contribution is 5.98. The second kappa shape index (κ2) is 6.79. The number of benzene rings is 1. The molecule has 0 aliphatic rings. The number of nitro benzene ring substituents is 1. The number of ether oxygens (including phenoxy) is 1. The highest BCUT2D eigenvalue weighted by Crippen LogP contribution is 2.19. The average molecular weight is 270 g/mol. The van der Waals surface area contributed by atoms with Crippen LogP contribution in [-0.4, -0.2) is 30.1 Å². The SMILES string of the molecule is CC(C)OCCNC(=O)c1cc(F)ccc1[N+](=O)[O-]. The fourth-order valence-corrected chi connectivity index (χ4v) is 1.40. The molecule has 1 amide bonds. The molecule has 0 atom stereocenters. The molecule has 1 N–H and O–H groups in total. The molecule has 1 rings (SSSR count). The lowest BCUT2D eigenvalue weighted by Gasteiger charge is -2.08. The summed E-state index contributed by atoms with van der Waals surface area (Å²) in [5.41, 5.74) is -0.724. The van der Waals surface area contributed by atoms with Crippen LogP contribution in [0, 0.1) is 15.9 Å². The minimum atomic E-state index is -0.723. The third kappa shape index (κ3) is 4.63. The van der Waals surface area contributed by atoms with Gasteiger partial charge in [0.2, 0.25) is 0 Å². The topological polar surface area (TPSA) is 81.5 Å². The number of hydrogen-bond acceptors (Lipinski definition) is 4. The molecule has 0 saturated carbocycles. The number of nitrogens with zero attached hydrogens (tertiary/aromatic N) is 1. The molecular formula is C12H15FN2O4. The van der Waals surface area contributed by atoms with E-state index in [0.29, 0.717) is 0 Å². The maximum absolute atomic E-state index is 13.0. The highest BCUT2D eigenvalue weighted by atomic mass is 19.1. The Hall–Kier alpha value is -2.02. The summed E-state index contributed by atoms with van der Waals surface area (Å²) < 4.78 is 18.2. The number of carbonyl (C=O) groups excluding carboxylic acids is 1. The van der Waals surface area contributed by atoms with Crippen molar-refractivity contribution in [3.63, 3.8) is 0 Å². The summed E-state index contributed by atoms with van der Waals surface area (Å²) in [6.07, 6.45) is 0.0282. The maximum Gasteiger partial charge on any atom is 0.282 e. The summed E-state index contributed by atoms with van der Waals surface area (Å²) in [5.74, 6) is -1.40. The van der Waals surface area contributed by atoms with Gasteiger partial charge in [-0.25, -0.2) is 4.39 Å². The van der Waals surface area contributed by atoms with Gasteiger partial charge in [-0.1, -0.05) is 0 Å². The molecule has 6 nitrogen and oxygen atoms in total. The van der Waals surface area contributed by atoms with Crippen LogP contribution in [0.2, 0.25) is 0 Å². The first kappa shape index (κ1) is 15.0. The summed E-state index contributed by atoms with van der Waals surface area (Å²) in [7, 11) is 0. The number of hydrogen-bond donors (Lipinski definition) is 1. The van der Waals surface area contributed by atoms with Crippen LogP contribution < -0.4 is 5.32 Å². The summed E-state index contributed by atoms with van der Waals surface area (Å²) >= 11 is 0. The van der Waals surface area contributed by atoms with Crippen LogP contribution in [0.3, 0.4) is 0 Å². The van der Waals surface area contributed by atoms with Gasteiger partial charge in [0.05, 0.1) is 17.6 Å². The second-order valence-corrected chi connectivity index (χ2v) is 4.09. The Balaban J connectivity index is 2.70. The van der Waals surface area contributed by atoms with Gasteiger partial charge in [-0.05, 0) is 26.0 Å². The van der Waals surface area contributed by atoms with Crippen molar-refractivity contribution in [1.82, 2.24) is 5.32 Å². The number of carbonyl (C=O) groups is 1. The summed E-state index contributed by atoms with van der Waals surface area (Å²) in [5, 5.41) is 13.2. The van der Waals surface area contributed by atoms with E-state index in [9.17, 15) is 19.3 Å². The van der Waals surface area contributed by atoms with E-state index in [1.807, 2.05) is 13.8 Å². The van der Waals surface area contributed by atoms with E-state index >= 15 is 0 Å². The van der Waals surface area contributed by atoms with Crippen molar-refractivity contribution < 1.29 is 18.8 Å². The highest BCUT2D eigenvalue weighted by Gasteiger charge is 2.20. The van der Waals surface area contributed by atoms with Crippen LogP contribution in [0.25, 0.3) is 0 Å². The van der Waals surface area contributed by atoms with Gasteiger partial charge in [0.15, 0.2) is 0 Å². The third-order valence-corrected chi connectivity index (χ3v) is 2.24. The lowest BCUT2D eigenvalue weighted by Crippen LogP contribution is -2.28. The predicted octanol–water partition coefficient (Wildman–Crippen LogP) is 1.89. The van der Waals surface area contributed by atoms with Crippen LogP contribution in [0.4, 0.5) is 10.1 Å². The number of nitrogens with one attached hydrogen (secondary N) is 1. The minimum Gasteiger partial charge on any atom is -0.377 e. The molecule has 1 aromatic rings. The predicted molar refractivity (Wildman–Crippen MR) is 66.5 cm³/mol. The van der Waals surface area contributed by atoms with Gasteiger partial charge >= 0.3 is 0 Å². The molecule has 19 heavy (non-hydrogen) atoms. The lowest BCUT2D eigenvalue weighted by molar-refractivity contribution is -0.385. The largest absolute Gasteiger partial charge is 0.377 e. The lowest BCUT2D eigenvalue weighted by atomic mass is 10.1. The van der Waals surface area contributed by atoms with Crippen LogP contribution in [0.5, 0.6) is 0 Å². The van der Waals surface area contributed by atoms with Crippen molar-refractivity contribution in [3.05, 3.63) is 39.7 Å². The zero-order chi connectivity index (χ0) is 14.4. The van der Waals surface area contributed by atoms with Crippen LogP contribution >= 0.6 is 0 Å². The Morgan fingerprint density at radius 2 is 2.21 bits per heavy atom. The molecule has 0 aliphatic carbocycles. The number of amides is 1. The number of rotatable bonds is 6. The molecule has 7 heteroatoms. The molecule has 0 saturated heterocycles. The molecule has 0 radical (unpaired) electrons. The Labute approximate surface area is 109 Å². The van der Waals surface area contributed by atoms with Gasteiger partial charge in [0.1, 0.15) is 11.4 Å². The normalized spacial score (nSPS) is 10.5. The van der Waals surface area contributed by atoms with Crippen molar-refractivity contribution in [2.24, 2.45) is 0 Å². The Bertz CT molecular complexity index is 477. The molecule has 0 heterocycles. The fraction of sp³-hybridized carbons (Fsp3) is 0.417. The zero-order valence-corrected chi connectivity index (χ0v) is 10.7. The Morgan fingerprint density at radius 3 is 2.79 bits per heavy atom. The van der Waals surface area contributed by atoms with Crippen molar-refractivity contribution in [1.29, 1.82) is 0 Å². The van der Waals surface area contributed by atoms with E-state index in [0.717, 1.165) is 18.2 Å². The van der Waals surface area contributed by atoms with Crippen molar-refractivity contribution in [2.75, 3.05) is 13.2 Å². The minimum absolute atomic E-state index is 0.0282. The molecule has 0 spiro atoms. The molecule has 104 valence electrons. The number of halogens is 1.